The zero-order valence-corrected chi connectivity index (χ0v) is 6.59. The van der Waals surface area contributed by atoms with E-state index < -0.39 is 18.7 Å². The molecule has 0 aromatic carbocycles. The van der Waals surface area contributed by atoms with Crippen LogP contribution >= 0.6 is 20.2 Å². The molecule has 56 valence electrons. The highest BCUT2D eigenvalue weighted by atomic mass is 32.1. The SMILES string of the molecule is C[C@@H](S)[C@H](O)P(=O)(O)O. The summed E-state index contributed by atoms with van der Waals surface area (Å²) in [5.41, 5.74) is 0. The van der Waals surface area contributed by atoms with Crippen LogP contribution in [0.1, 0.15) is 6.92 Å². The molecule has 6 heteroatoms. The van der Waals surface area contributed by atoms with E-state index in [2.05, 4.69) is 12.6 Å². The normalized spacial score (nSPS) is 19.2. The molecule has 0 unspecified atom stereocenters. The molecule has 0 aliphatic heterocycles. The number of thiol groups is 1. The summed E-state index contributed by atoms with van der Waals surface area (Å²) in [4.78, 5) is 16.5. The van der Waals surface area contributed by atoms with Gasteiger partial charge in [-0.3, -0.25) is 4.57 Å². The lowest BCUT2D eigenvalue weighted by molar-refractivity contribution is 0.203. The van der Waals surface area contributed by atoms with Crippen LogP contribution in [0.2, 0.25) is 0 Å². The Morgan fingerprint density at radius 2 is 1.89 bits per heavy atom. The van der Waals surface area contributed by atoms with Gasteiger partial charge in [0.05, 0.1) is 0 Å². The van der Waals surface area contributed by atoms with Crippen molar-refractivity contribution in [2.75, 3.05) is 0 Å². The Bertz CT molecular complexity index is 130. The Balaban J connectivity index is 4.05. The van der Waals surface area contributed by atoms with Gasteiger partial charge in [0.2, 0.25) is 0 Å². The first-order valence-electron chi connectivity index (χ1n) is 2.27. The van der Waals surface area contributed by atoms with Gasteiger partial charge in [0, 0.05) is 5.25 Å². The Hall–Kier alpha value is 0.460. The molecule has 0 heterocycles. The number of hydrogen-bond acceptors (Lipinski definition) is 3. The highest BCUT2D eigenvalue weighted by molar-refractivity contribution is 7.81. The minimum absolute atomic E-state index is 0.703. The van der Waals surface area contributed by atoms with Crippen LogP contribution < -0.4 is 0 Å². The maximum absolute atomic E-state index is 10.2. The highest BCUT2D eigenvalue weighted by Crippen LogP contribution is 2.42. The molecule has 0 amide bonds. The van der Waals surface area contributed by atoms with Gasteiger partial charge in [-0.25, -0.2) is 0 Å². The van der Waals surface area contributed by atoms with Gasteiger partial charge in [-0.2, -0.15) is 12.6 Å². The van der Waals surface area contributed by atoms with E-state index in [9.17, 15) is 4.57 Å². The summed E-state index contributed by atoms with van der Waals surface area (Å²) in [6, 6.07) is 0. The average Bonchev–Trinajstić information content (AvgIpc) is 1.62. The first kappa shape index (κ1) is 9.46. The lowest BCUT2D eigenvalue weighted by Crippen LogP contribution is -2.17. The first-order valence-corrected chi connectivity index (χ1v) is 4.47. The molecule has 0 spiro atoms. The third kappa shape index (κ3) is 3.23. The Morgan fingerprint density at radius 3 is 1.89 bits per heavy atom. The van der Waals surface area contributed by atoms with E-state index in [1.54, 1.807) is 0 Å². The quantitative estimate of drug-likeness (QED) is 0.343. The van der Waals surface area contributed by atoms with Crippen molar-refractivity contribution in [2.24, 2.45) is 0 Å². The fourth-order valence-electron chi connectivity index (χ4n) is 0.281. The maximum atomic E-state index is 10.2. The molecule has 0 saturated carbocycles. The molecule has 0 aromatic heterocycles. The Labute approximate surface area is 58.5 Å². The molecule has 0 aliphatic carbocycles. The number of aliphatic hydroxyl groups excluding tert-OH is 1. The van der Waals surface area contributed by atoms with Crippen molar-refractivity contribution in [3.63, 3.8) is 0 Å². The Kier molecular flexibility index (Phi) is 3.19. The molecule has 0 radical (unpaired) electrons. The topological polar surface area (TPSA) is 77.8 Å². The van der Waals surface area contributed by atoms with Crippen LogP contribution in [-0.2, 0) is 4.57 Å². The molecule has 3 N–H and O–H groups in total. The van der Waals surface area contributed by atoms with Crippen LogP contribution in [0.15, 0.2) is 0 Å². The summed E-state index contributed by atoms with van der Waals surface area (Å²) in [7, 11) is -4.33. The van der Waals surface area contributed by atoms with Crippen molar-refractivity contribution in [2.45, 2.75) is 18.0 Å². The fourth-order valence-corrected chi connectivity index (χ4v) is 1.36. The van der Waals surface area contributed by atoms with Gasteiger partial charge >= 0.3 is 7.60 Å². The molecule has 4 nitrogen and oxygen atoms in total. The van der Waals surface area contributed by atoms with Gasteiger partial charge in [-0.05, 0) is 0 Å². The molecule has 0 bridgehead atoms. The van der Waals surface area contributed by atoms with E-state index in [1.165, 1.54) is 6.92 Å². The van der Waals surface area contributed by atoms with Crippen LogP contribution in [0, 0.1) is 0 Å². The van der Waals surface area contributed by atoms with Crippen molar-refractivity contribution < 1.29 is 19.5 Å². The third-order valence-electron chi connectivity index (χ3n) is 0.776. The molecular formula is C3H9O4PS. The van der Waals surface area contributed by atoms with E-state index in [-0.39, 0.29) is 0 Å². The number of hydrogen-bond donors (Lipinski definition) is 4. The van der Waals surface area contributed by atoms with Crippen LogP contribution in [0.3, 0.4) is 0 Å². The van der Waals surface area contributed by atoms with Crippen molar-refractivity contribution in [1.82, 2.24) is 0 Å². The summed E-state index contributed by atoms with van der Waals surface area (Å²) in [5, 5.41) is 7.92. The van der Waals surface area contributed by atoms with Crippen molar-refractivity contribution in [3.8, 4) is 0 Å². The molecule has 0 aliphatic rings. The molecular weight excluding hydrogens is 163 g/mol. The predicted octanol–water partition coefficient (Wildman–Crippen LogP) is -0.199. The van der Waals surface area contributed by atoms with Gasteiger partial charge < -0.3 is 14.9 Å². The summed E-state index contributed by atoms with van der Waals surface area (Å²) in [5.74, 6) is -1.65. The molecule has 0 fully saturated rings. The van der Waals surface area contributed by atoms with Crippen LogP contribution in [-0.4, -0.2) is 26.0 Å². The lowest BCUT2D eigenvalue weighted by atomic mass is 10.5. The van der Waals surface area contributed by atoms with Crippen molar-refractivity contribution in [3.05, 3.63) is 0 Å². The molecule has 9 heavy (non-hydrogen) atoms. The van der Waals surface area contributed by atoms with Gasteiger partial charge in [-0.15, -0.1) is 0 Å². The number of rotatable bonds is 2. The molecule has 0 saturated heterocycles. The standard InChI is InChI=1S/C3H9O4PS/c1-2(9)3(4)8(5,6)7/h2-4,9H,1H3,(H2,5,6,7)/t2-,3-/m1/s1. The van der Waals surface area contributed by atoms with Gasteiger partial charge in [0.15, 0.2) is 5.85 Å². The zero-order valence-electron chi connectivity index (χ0n) is 4.80. The average molecular weight is 172 g/mol. The second-order valence-corrected chi connectivity index (χ2v) is 4.27. The van der Waals surface area contributed by atoms with E-state index in [4.69, 9.17) is 14.9 Å². The predicted molar refractivity (Wildman–Crippen MR) is 36.5 cm³/mol. The summed E-state index contributed by atoms with van der Waals surface area (Å²) < 4.78 is 10.2. The molecule has 2 atom stereocenters. The first-order chi connectivity index (χ1) is 3.85. The zero-order chi connectivity index (χ0) is 7.65. The summed E-state index contributed by atoms with van der Waals surface area (Å²) in [6.45, 7) is 1.41. The van der Waals surface area contributed by atoms with E-state index in [1.807, 2.05) is 0 Å². The second kappa shape index (κ2) is 3.03. The monoisotopic (exact) mass is 172 g/mol. The van der Waals surface area contributed by atoms with E-state index >= 15 is 0 Å². The molecule has 0 aromatic rings. The largest absolute Gasteiger partial charge is 0.379 e. The third-order valence-corrected chi connectivity index (χ3v) is 2.43. The van der Waals surface area contributed by atoms with Crippen LogP contribution in [0.5, 0.6) is 0 Å². The minimum Gasteiger partial charge on any atom is -0.379 e. The smallest absolute Gasteiger partial charge is 0.354 e. The van der Waals surface area contributed by atoms with Crippen LogP contribution in [0.25, 0.3) is 0 Å². The fraction of sp³-hybridized carbons (Fsp3) is 1.00. The minimum atomic E-state index is -4.33. The summed E-state index contributed by atoms with van der Waals surface area (Å²) >= 11 is 3.64. The summed E-state index contributed by atoms with van der Waals surface area (Å²) in [6.07, 6.45) is 0. The van der Waals surface area contributed by atoms with E-state index in [0.29, 0.717) is 0 Å². The van der Waals surface area contributed by atoms with Crippen molar-refractivity contribution in [1.29, 1.82) is 0 Å². The Morgan fingerprint density at radius 1 is 1.56 bits per heavy atom. The second-order valence-electron chi connectivity index (χ2n) is 1.74. The lowest BCUT2D eigenvalue weighted by Gasteiger charge is -2.14. The van der Waals surface area contributed by atoms with Crippen LogP contribution in [0.4, 0.5) is 0 Å². The van der Waals surface area contributed by atoms with Gasteiger partial charge in [-0.1, -0.05) is 6.92 Å². The van der Waals surface area contributed by atoms with Gasteiger partial charge in [0.25, 0.3) is 0 Å². The number of aliphatic hydroxyl groups is 1. The van der Waals surface area contributed by atoms with Crippen molar-refractivity contribution >= 4 is 20.2 Å². The van der Waals surface area contributed by atoms with E-state index in [0.717, 1.165) is 0 Å². The van der Waals surface area contributed by atoms with Gasteiger partial charge in [0.1, 0.15) is 0 Å². The molecule has 0 rings (SSSR count). The maximum Gasteiger partial charge on any atom is 0.354 e. The highest BCUT2D eigenvalue weighted by Gasteiger charge is 2.29.